The van der Waals surface area contributed by atoms with E-state index in [1.54, 1.807) is 0 Å². The Balaban J connectivity index is 3.16. The predicted molar refractivity (Wildman–Crippen MR) is 116 cm³/mol. The van der Waals surface area contributed by atoms with Gasteiger partial charge in [-0.05, 0) is 51.2 Å². The molecule has 2 amide bonds. The van der Waals surface area contributed by atoms with Crippen LogP contribution in [-0.4, -0.2) is 39.7 Å². The summed E-state index contributed by atoms with van der Waals surface area (Å²) < 4.78 is 5.36. The summed E-state index contributed by atoms with van der Waals surface area (Å²) in [5, 5.41) is 10.8. The highest BCUT2D eigenvalue weighted by Crippen LogP contribution is 2.22. The Bertz CT molecular complexity index is 817. The zero-order chi connectivity index (χ0) is 23.7. The molecule has 9 heteroatoms. The summed E-state index contributed by atoms with van der Waals surface area (Å²) in [5.74, 6) is -1.88. The average molecular weight is 434 g/mol. The molecule has 0 aliphatic heterocycles. The number of benzene rings is 1. The maximum Gasteiger partial charge on any atom is 0.334 e. The van der Waals surface area contributed by atoms with Gasteiger partial charge in [-0.25, -0.2) is 4.79 Å². The van der Waals surface area contributed by atoms with Crippen LogP contribution in [0.2, 0.25) is 0 Å². The summed E-state index contributed by atoms with van der Waals surface area (Å²) in [7, 11) is 0. The van der Waals surface area contributed by atoms with Crippen molar-refractivity contribution in [3.8, 4) is 5.75 Å². The Morgan fingerprint density at radius 1 is 1.19 bits per heavy atom. The second-order valence-electron chi connectivity index (χ2n) is 8.04. The monoisotopic (exact) mass is 433 g/mol. The standard InChI is InChI=1S/C22H31N3O6/c1-14(2)13-19(22(28)31-18-11-9-17(10-12-18)25(29)30)24(21(27)15(3)4)20(26)8-6-7-16(5)23/h9-12,14,16,19H,3,6-8,13,23H2,1-2,4-5H3/t16?,19-/m0/s1. The van der Waals surface area contributed by atoms with Gasteiger partial charge in [0.05, 0.1) is 4.92 Å². The topological polar surface area (TPSA) is 133 Å². The minimum Gasteiger partial charge on any atom is -0.425 e. The lowest BCUT2D eigenvalue weighted by Gasteiger charge is -2.30. The van der Waals surface area contributed by atoms with Gasteiger partial charge in [0, 0.05) is 30.2 Å². The first-order chi connectivity index (χ1) is 14.4. The number of nitrogens with zero attached hydrogens (tertiary/aromatic N) is 2. The van der Waals surface area contributed by atoms with Gasteiger partial charge < -0.3 is 10.5 Å². The van der Waals surface area contributed by atoms with Crippen LogP contribution in [0.1, 0.15) is 53.4 Å². The molecule has 1 unspecified atom stereocenters. The summed E-state index contributed by atoms with van der Waals surface area (Å²) in [6.07, 6.45) is 1.33. The molecule has 0 heterocycles. The van der Waals surface area contributed by atoms with Gasteiger partial charge in [-0.3, -0.25) is 24.6 Å². The third-order valence-corrected chi connectivity index (χ3v) is 4.45. The van der Waals surface area contributed by atoms with Crippen molar-refractivity contribution < 1.29 is 24.0 Å². The summed E-state index contributed by atoms with van der Waals surface area (Å²) in [6.45, 7) is 10.6. The van der Waals surface area contributed by atoms with E-state index in [4.69, 9.17) is 10.5 Å². The first kappa shape index (κ1) is 26.0. The molecule has 170 valence electrons. The molecule has 9 nitrogen and oxygen atoms in total. The number of nitro groups is 1. The van der Waals surface area contributed by atoms with Crippen molar-refractivity contribution in [2.24, 2.45) is 11.7 Å². The molecule has 1 rings (SSSR count). The summed E-state index contributed by atoms with van der Waals surface area (Å²) in [6, 6.07) is 3.75. The summed E-state index contributed by atoms with van der Waals surface area (Å²) in [4.78, 5) is 49.8. The van der Waals surface area contributed by atoms with Gasteiger partial charge >= 0.3 is 5.97 Å². The molecule has 0 spiro atoms. The number of carbonyl (C=O) groups is 3. The Hall–Kier alpha value is -3.07. The molecule has 0 aliphatic rings. The van der Waals surface area contributed by atoms with Crippen LogP contribution in [-0.2, 0) is 14.4 Å². The van der Waals surface area contributed by atoms with E-state index in [-0.39, 0.29) is 41.8 Å². The Morgan fingerprint density at radius 3 is 2.23 bits per heavy atom. The maximum absolute atomic E-state index is 13.0. The number of hydrogen-bond acceptors (Lipinski definition) is 7. The van der Waals surface area contributed by atoms with Gasteiger partial charge in [-0.1, -0.05) is 20.4 Å². The second kappa shape index (κ2) is 11.9. The molecular weight excluding hydrogens is 402 g/mol. The molecule has 0 saturated heterocycles. The van der Waals surface area contributed by atoms with Crippen LogP contribution in [0, 0.1) is 16.0 Å². The summed E-state index contributed by atoms with van der Waals surface area (Å²) >= 11 is 0. The Kier molecular flexibility index (Phi) is 10.0. The molecule has 31 heavy (non-hydrogen) atoms. The van der Waals surface area contributed by atoms with Crippen molar-refractivity contribution in [1.82, 2.24) is 4.90 Å². The number of imide groups is 1. The number of nitrogens with two attached hydrogens (primary N) is 1. The van der Waals surface area contributed by atoms with Crippen LogP contribution >= 0.6 is 0 Å². The van der Waals surface area contributed by atoms with Crippen LogP contribution in [0.4, 0.5) is 5.69 Å². The van der Waals surface area contributed by atoms with E-state index in [1.165, 1.54) is 31.2 Å². The quantitative estimate of drug-likeness (QED) is 0.186. The van der Waals surface area contributed by atoms with Crippen LogP contribution in [0.25, 0.3) is 0 Å². The number of amides is 2. The van der Waals surface area contributed by atoms with E-state index >= 15 is 0 Å². The van der Waals surface area contributed by atoms with Gasteiger partial charge in [-0.2, -0.15) is 0 Å². The number of ether oxygens (including phenoxy) is 1. The normalized spacial score (nSPS) is 12.7. The highest BCUT2D eigenvalue weighted by Gasteiger charge is 2.36. The molecule has 0 bridgehead atoms. The molecule has 1 aromatic rings. The third kappa shape index (κ3) is 8.29. The molecule has 0 fully saturated rings. The van der Waals surface area contributed by atoms with E-state index in [2.05, 4.69) is 6.58 Å². The molecule has 2 atom stereocenters. The zero-order valence-electron chi connectivity index (χ0n) is 18.5. The number of nitro benzene ring substituents is 1. The van der Waals surface area contributed by atoms with E-state index in [0.29, 0.717) is 12.8 Å². The number of esters is 1. The van der Waals surface area contributed by atoms with E-state index < -0.39 is 28.7 Å². The van der Waals surface area contributed by atoms with Crippen LogP contribution in [0.5, 0.6) is 5.75 Å². The molecule has 2 N–H and O–H groups in total. The lowest BCUT2D eigenvalue weighted by molar-refractivity contribution is -0.384. The third-order valence-electron chi connectivity index (χ3n) is 4.45. The van der Waals surface area contributed by atoms with Crippen molar-refractivity contribution >= 4 is 23.5 Å². The fourth-order valence-corrected chi connectivity index (χ4v) is 2.90. The minimum absolute atomic E-state index is 0.0216. The zero-order valence-corrected chi connectivity index (χ0v) is 18.5. The number of carbonyl (C=O) groups excluding carboxylic acids is 3. The molecular formula is C22H31N3O6. The lowest BCUT2D eigenvalue weighted by atomic mass is 10.0. The van der Waals surface area contributed by atoms with Crippen molar-refractivity contribution in [2.45, 2.75) is 65.5 Å². The number of non-ortho nitro benzene ring substituents is 1. The van der Waals surface area contributed by atoms with E-state index in [9.17, 15) is 24.5 Å². The molecule has 0 saturated carbocycles. The first-order valence-electron chi connectivity index (χ1n) is 10.2. The highest BCUT2D eigenvalue weighted by atomic mass is 16.6. The SMILES string of the molecule is C=C(C)C(=O)N(C(=O)CCCC(C)N)[C@@H](CC(C)C)C(=O)Oc1ccc([N+](=O)[O-])cc1. The van der Waals surface area contributed by atoms with Crippen LogP contribution in [0.15, 0.2) is 36.4 Å². The maximum atomic E-state index is 13.0. The van der Waals surface area contributed by atoms with Gasteiger partial charge in [0.1, 0.15) is 11.8 Å². The smallest absolute Gasteiger partial charge is 0.334 e. The Morgan fingerprint density at radius 2 is 1.77 bits per heavy atom. The van der Waals surface area contributed by atoms with Gasteiger partial charge in [0.2, 0.25) is 5.91 Å². The van der Waals surface area contributed by atoms with Crippen LogP contribution in [0.3, 0.4) is 0 Å². The van der Waals surface area contributed by atoms with Gasteiger partial charge in [-0.15, -0.1) is 0 Å². The van der Waals surface area contributed by atoms with Crippen molar-refractivity contribution in [2.75, 3.05) is 0 Å². The van der Waals surface area contributed by atoms with E-state index in [1.807, 2.05) is 20.8 Å². The predicted octanol–water partition coefficient (Wildman–Crippen LogP) is 3.36. The lowest BCUT2D eigenvalue weighted by Crippen LogP contribution is -2.51. The largest absolute Gasteiger partial charge is 0.425 e. The number of hydrogen-bond donors (Lipinski definition) is 1. The summed E-state index contributed by atoms with van der Waals surface area (Å²) in [5.41, 5.74) is 5.70. The highest BCUT2D eigenvalue weighted by molar-refractivity contribution is 6.06. The van der Waals surface area contributed by atoms with E-state index in [0.717, 1.165) is 4.90 Å². The molecule has 0 aromatic heterocycles. The first-order valence-corrected chi connectivity index (χ1v) is 10.2. The van der Waals surface area contributed by atoms with Crippen molar-refractivity contribution in [3.63, 3.8) is 0 Å². The Labute approximate surface area is 182 Å². The van der Waals surface area contributed by atoms with Crippen LogP contribution < -0.4 is 10.5 Å². The molecule has 1 aromatic carbocycles. The van der Waals surface area contributed by atoms with Gasteiger partial charge in [0.15, 0.2) is 0 Å². The second-order valence-corrected chi connectivity index (χ2v) is 8.04. The average Bonchev–Trinajstić information content (AvgIpc) is 2.67. The van der Waals surface area contributed by atoms with Crippen molar-refractivity contribution in [3.05, 3.63) is 46.5 Å². The molecule has 0 radical (unpaired) electrons. The number of rotatable bonds is 11. The minimum atomic E-state index is -1.15. The molecule has 0 aliphatic carbocycles. The fourth-order valence-electron chi connectivity index (χ4n) is 2.90. The fraction of sp³-hybridized carbons (Fsp3) is 0.500. The van der Waals surface area contributed by atoms with Crippen molar-refractivity contribution in [1.29, 1.82) is 0 Å². The van der Waals surface area contributed by atoms with Gasteiger partial charge in [0.25, 0.3) is 11.6 Å².